The molecule has 1 amide bonds. The molecule has 0 unspecified atom stereocenters. The number of nitrogens with two attached hydrogens (primary N) is 1. The van der Waals surface area contributed by atoms with E-state index in [0.717, 1.165) is 37.5 Å². The van der Waals surface area contributed by atoms with E-state index in [1.165, 1.54) is 0 Å². The number of hydrogen-bond donors (Lipinski definition) is 2. The molecule has 0 radical (unpaired) electrons. The van der Waals surface area contributed by atoms with E-state index >= 15 is 0 Å². The summed E-state index contributed by atoms with van der Waals surface area (Å²) in [6.45, 7) is 4.65. The fraction of sp³-hybridized carbons (Fsp3) is 0.583. The van der Waals surface area contributed by atoms with E-state index in [4.69, 9.17) is 10.5 Å². The lowest BCUT2D eigenvalue weighted by molar-refractivity contribution is 0.0447. The normalized spacial score (nSPS) is 19.1. The van der Waals surface area contributed by atoms with Crippen LogP contribution in [0.25, 0.3) is 0 Å². The first kappa shape index (κ1) is 12.5. The fourth-order valence-electron chi connectivity index (χ4n) is 1.90. The first-order valence-corrected chi connectivity index (χ1v) is 6.67. The number of nitrogens with one attached hydrogen (secondary N) is 1. The van der Waals surface area contributed by atoms with Crippen LogP contribution in [0.4, 0.5) is 0 Å². The molecule has 94 valence electrons. The van der Waals surface area contributed by atoms with Crippen molar-refractivity contribution in [2.75, 3.05) is 13.2 Å². The molecule has 1 aromatic heterocycles. The van der Waals surface area contributed by atoms with Crippen LogP contribution in [-0.4, -0.2) is 24.7 Å². The molecular weight excluding hydrogens is 236 g/mol. The third-order valence-electron chi connectivity index (χ3n) is 3.22. The Kier molecular flexibility index (Phi) is 3.81. The summed E-state index contributed by atoms with van der Waals surface area (Å²) >= 11 is 1.57. The van der Waals surface area contributed by atoms with E-state index in [0.29, 0.717) is 5.56 Å². The van der Waals surface area contributed by atoms with Crippen molar-refractivity contribution < 1.29 is 9.53 Å². The molecule has 0 bridgehead atoms. The maximum absolute atomic E-state index is 11.0. The zero-order valence-corrected chi connectivity index (χ0v) is 10.8. The zero-order chi connectivity index (χ0) is 12.3. The highest BCUT2D eigenvalue weighted by Crippen LogP contribution is 2.21. The highest BCUT2D eigenvalue weighted by Gasteiger charge is 2.26. The lowest BCUT2D eigenvalue weighted by Crippen LogP contribution is -2.46. The van der Waals surface area contributed by atoms with Crippen molar-refractivity contribution >= 4 is 17.2 Å². The molecule has 1 aliphatic heterocycles. The number of hydrogen-bond acceptors (Lipinski definition) is 4. The van der Waals surface area contributed by atoms with Crippen molar-refractivity contribution in [3.8, 4) is 0 Å². The van der Waals surface area contributed by atoms with E-state index < -0.39 is 0 Å². The summed E-state index contributed by atoms with van der Waals surface area (Å²) < 4.78 is 5.35. The number of ether oxygens (including phenoxy) is 1. The first-order valence-electron chi connectivity index (χ1n) is 5.79. The number of carbonyl (C=O) groups is 1. The minimum absolute atomic E-state index is 0.148. The standard InChI is InChI=1S/C12H18N2O2S/c1-12(2-4-16-5-3-12)14-7-10-6-9(8-17-10)11(13)15/h6,8,14H,2-5,7H2,1H3,(H2,13,15). The summed E-state index contributed by atoms with van der Waals surface area (Å²) in [7, 11) is 0. The fourth-order valence-corrected chi connectivity index (χ4v) is 2.71. The van der Waals surface area contributed by atoms with Gasteiger partial charge in [-0.3, -0.25) is 4.79 Å². The molecule has 2 rings (SSSR count). The van der Waals surface area contributed by atoms with E-state index in [9.17, 15) is 4.79 Å². The molecule has 0 aromatic carbocycles. The second-order valence-corrected chi connectivity index (χ2v) is 5.69. The van der Waals surface area contributed by atoms with Gasteiger partial charge in [-0.1, -0.05) is 0 Å². The van der Waals surface area contributed by atoms with Crippen LogP contribution >= 0.6 is 11.3 Å². The molecule has 0 saturated carbocycles. The minimum atomic E-state index is -0.357. The SMILES string of the molecule is CC1(NCc2cc(C(N)=O)cs2)CCOCC1. The number of thiophene rings is 1. The van der Waals surface area contributed by atoms with E-state index in [-0.39, 0.29) is 11.4 Å². The van der Waals surface area contributed by atoms with Crippen molar-refractivity contribution in [2.24, 2.45) is 5.73 Å². The third kappa shape index (κ3) is 3.28. The Bertz CT molecular complexity index is 397. The Morgan fingerprint density at radius 1 is 1.59 bits per heavy atom. The average Bonchev–Trinajstić information content (AvgIpc) is 2.76. The van der Waals surface area contributed by atoms with Crippen LogP contribution in [0.1, 0.15) is 35.0 Å². The number of amides is 1. The molecule has 0 spiro atoms. The monoisotopic (exact) mass is 254 g/mol. The van der Waals surface area contributed by atoms with Crippen molar-refractivity contribution in [1.29, 1.82) is 0 Å². The maximum Gasteiger partial charge on any atom is 0.249 e. The Morgan fingerprint density at radius 3 is 2.88 bits per heavy atom. The van der Waals surface area contributed by atoms with Gasteiger partial charge in [0.05, 0.1) is 5.56 Å². The van der Waals surface area contributed by atoms with Crippen molar-refractivity contribution in [2.45, 2.75) is 31.8 Å². The summed E-state index contributed by atoms with van der Waals surface area (Å²) in [5, 5.41) is 5.36. The third-order valence-corrected chi connectivity index (χ3v) is 4.16. The Hall–Kier alpha value is -0.910. The molecule has 2 heterocycles. The van der Waals surface area contributed by atoms with Gasteiger partial charge in [-0.25, -0.2) is 0 Å². The van der Waals surface area contributed by atoms with Crippen molar-refractivity contribution in [3.05, 3.63) is 21.9 Å². The van der Waals surface area contributed by atoms with Crippen LogP contribution in [-0.2, 0) is 11.3 Å². The summed E-state index contributed by atoms with van der Waals surface area (Å²) in [5.41, 5.74) is 5.97. The van der Waals surface area contributed by atoms with Crippen LogP contribution in [0, 0.1) is 0 Å². The molecule has 3 N–H and O–H groups in total. The van der Waals surface area contributed by atoms with Crippen LogP contribution in [0.15, 0.2) is 11.4 Å². The van der Waals surface area contributed by atoms with E-state index in [1.807, 2.05) is 11.4 Å². The summed E-state index contributed by atoms with van der Waals surface area (Å²) in [6, 6.07) is 1.86. The van der Waals surface area contributed by atoms with Gasteiger partial charge in [-0.2, -0.15) is 0 Å². The second-order valence-electron chi connectivity index (χ2n) is 4.69. The van der Waals surface area contributed by atoms with Gasteiger partial charge in [0.25, 0.3) is 0 Å². The minimum Gasteiger partial charge on any atom is -0.381 e. The highest BCUT2D eigenvalue weighted by atomic mass is 32.1. The van der Waals surface area contributed by atoms with Gasteiger partial charge in [0, 0.05) is 35.6 Å². The van der Waals surface area contributed by atoms with Gasteiger partial charge in [0.15, 0.2) is 0 Å². The molecule has 17 heavy (non-hydrogen) atoms. The first-order chi connectivity index (χ1) is 8.09. The molecule has 1 saturated heterocycles. The van der Waals surface area contributed by atoms with Gasteiger partial charge in [-0.15, -0.1) is 11.3 Å². The molecule has 1 fully saturated rings. The summed E-state index contributed by atoms with van der Waals surface area (Å²) in [6.07, 6.45) is 2.06. The molecule has 1 aromatic rings. The molecule has 0 aliphatic carbocycles. The van der Waals surface area contributed by atoms with Crippen LogP contribution in [0.2, 0.25) is 0 Å². The maximum atomic E-state index is 11.0. The molecule has 0 atom stereocenters. The van der Waals surface area contributed by atoms with Gasteiger partial charge < -0.3 is 15.8 Å². The Morgan fingerprint density at radius 2 is 2.29 bits per heavy atom. The molecule has 1 aliphatic rings. The van der Waals surface area contributed by atoms with Crippen molar-refractivity contribution in [1.82, 2.24) is 5.32 Å². The van der Waals surface area contributed by atoms with Gasteiger partial charge in [0.1, 0.15) is 0 Å². The van der Waals surface area contributed by atoms with Crippen LogP contribution in [0.3, 0.4) is 0 Å². The molecule has 5 heteroatoms. The highest BCUT2D eigenvalue weighted by molar-refractivity contribution is 7.10. The van der Waals surface area contributed by atoms with E-state index in [1.54, 1.807) is 11.3 Å². The predicted molar refractivity (Wildman–Crippen MR) is 68.1 cm³/mol. The number of primary amides is 1. The lowest BCUT2D eigenvalue weighted by Gasteiger charge is -2.34. The van der Waals surface area contributed by atoms with Crippen molar-refractivity contribution in [3.63, 3.8) is 0 Å². The van der Waals surface area contributed by atoms with Crippen LogP contribution < -0.4 is 11.1 Å². The van der Waals surface area contributed by atoms with Gasteiger partial charge in [0.2, 0.25) is 5.91 Å². The number of carbonyl (C=O) groups excluding carboxylic acids is 1. The largest absolute Gasteiger partial charge is 0.381 e. The topological polar surface area (TPSA) is 64.3 Å². The number of rotatable bonds is 4. The molecular formula is C12H18N2O2S. The average molecular weight is 254 g/mol. The summed E-state index contributed by atoms with van der Waals surface area (Å²) in [5.74, 6) is -0.357. The van der Waals surface area contributed by atoms with Gasteiger partial charge in [-0.05, 0) is 25.8 Å². The van der Waals surface area contributed by atoms with Crippen LogP contribution in [0.5, 0.6) is 0 Å². The summed E-state index contributed by atoms with van der Waals surface area (Å²) in [4.78, 5) is 12.1. The van der Waals surface area contributed by atoms with E-state index in [2.05, 4.69) is 12.2 Å². The Balaban J connectivity index is 1.90. The Labute approximate surface area is 105 Å². The predicted octanol–water partition coefficient (Wildman–Crippen LogP) is 1.51. The quantitative estimate of drug-likeness (QED) is 0.856. The zero-order valence-electron chi connectivity index (χ0n) is 9.99. The smallest absolute Gasteiger partial charge is 0.249 e. The van der Waals surface area contributed by atoms with Gasteiger partial charge >= 0.3 is 0 Å². The molecule has 4 nitrogen and oxygen atoms in total. The second kappa shape index (κ2) is 5.16. The lowest BCUT2D eigenvalue weighted by atomic mass is 9.92.